The topological polar surface area (TPSA) is 65.3 Å². The van der Waals surface area contributed by atoms with Gasteiger partial charge in [0.15, 0.2) is 17.7 Å². The molecule has 3 aliphatic rings. The predicted molar refractivity (Wildman–Crippen MR) is 98.1 cm³/mol. The van der Waals surface area contributed by atoms with Crippen LogP contribution in [0, 0.1) is 17.6 Å². The van der Waals surface area contributed by atoms with Gasteiger partial charge in [-0.3, -0.25) is 9.59 Å². The minimum atomic E-state index is -5.02. The summed E-state index contributed by atoms with van der Waals surface area (Å²) >= 11 is 0. The summed E-state index contributed by atoms with van der Waals surface area (Å²) in [5.74, 6) is -4.63. The van der Waals surface area contributed by atoms with E-state index in [2.05, 4.69) is 10.2 Å². The number of azo groups is 1. The van der Waals surface area contributed by atoms with Crippen LogP contribution in [0.5, 0.6) is 0 Å². The lowest BCUT2D eigenvalue weighted by atomic mass is 9.85. The van der Waals surface area contributed by atoms with Crippen LogP contribution >= 0.6 is 0 Å². The van der Waals surface area contributed by atoms with Crippen LogP contribution in [0.4, 0.5) is 22.0 Å². The van der Waals surface area contributed by atoms with Crippen molar-refractivity contribution < 1.29 is 31.5 Å². The van der Waals surface area contributed by atoms with Gasteiger partial charge in [-0.05, 0) is 30.4 Å². The quantitative estimate of drug-likeness (QED) is 0.657. The highest BCUT2D eigenvalue weighted by molar-refractivity contribution is 5.83. The Balaban J connectivity index is 1.44. The lowest BCUT2D eigenvalue weighted by Gasteiger charge is -2.34. The highest BCUT2D eigenvalue weighted by Crippen LogP contribution is 2.41. The van der Waals surface area contributed by atoms with Crippen molar-refractivity contribution in [2.75, 3.05) is 26.2 Å². The molecule has 3 aliphatic heterocycles. The smallest absolute Gasteiger partial charge is 0.341 e. The van der Waals surface area contributed by atoms with Gasteiger partial charge >= 0.3 is 6.18 Å². The molecule has 31 heavy (non-hydrogen) atoms. The number of halogens is 5. The Hall–Kier alpha value is -2.59. The lowest BCUT2D eigenvalue weighted by Crippen LogP contribution is -2.46. The number of alkyl halides is 3. The average molecular weight is 444 g/mol. The van der Waals surface area contributed by atoms with Crippen LogP contribution < -0.4 is 0 Å². The largest absolute Gasteiger partial charge is 0.419 e. The zero-order chi connectivity index (χ0) is 22.5. The van der Waals surface area contributed by atoms with E-state index in [0.717, 1.165) is 6.07 Å². The third kappa shape index (κ3) is 3.89. The number of carbonyl (C=O) groups is 2. The monoisotopic (exact) mass is 444 g/mol. The molecule has 1 aromatic carbocycles. The molecule has 3 heterocycles. The second-order valence-corrected chi connectivity index (χ2v) is 8.25. The predicted octanol–water partition coefficient (Wildman–Crippen LogP) is 3.37. The Morgan fingerprint density at radius 2 is 1.71 bits per heavy atom. The molecule has 4 rings (SSSR count). The van der Waals surface area contributed by atoms with E-state index in [1.54, 1.807) is 4.90 Å². The maximum atomic E-state index is 13.9. The molecule has 0 spiro atoms. The molecule has 0 N–H and O–H groups in total. The Labute approximate surface area is 175 Å². The van der Waals surface area contributed by atoms with Gasteiger partial charge < -0.3 is 9.80 Å². The number of hydrogen-bond donors (Lipinski definition) is 0. The van der Waals surface area contributed by atoms with E-state index in [1.807, 2.05) is 0 Å². The minimum Gasteiger partial charge on any atom is -0.341 e. The Morgan fingerprint density at radius 1 is 1.03 bits per heavy atom. The van der Waals surface area contributed by atoms with Gasteiger partial charge in [-0.15, -0.1) is 0 Å². The van der Waals surface area contributed by atoms with Crippen molar-refractivity contribution in [3.05, 3.63) is 34.9 Å². The molecule has 168 valence electrons. The maximum absolute atomic E-state index is 13.9. The van der Waals surface area contributed by atoms with E-state index in [-0.39, 0.29) is 55.3 Å². The first kappa shape index (κ1) is 21.6. The molecule has 2 amide bonds. The first-order valence-corrected chi connectivity index (χ1v) is 10.1. The van der Waals surface area contributed by atoms with Crippen molar-refractivity contribution in [1.82, 2.24) is 9.80 Å². The van der Waals surface area contributed by atoms with Gasteiger partial charge in [-0.2, -0.15) is 23.4 Å². The van der Waals surface area contributed by atoms with Crippen molar-refractivity contribution in [3.8, 4) is 0 Å². The van der Waals surface area contributed by atoms with Gasteiger partial charge in [0.2, 0.25) is 11.8 Å². The van der Waals surface area contributed by atoms with Crippen LogP contribution in [0.1, 0.15) is 36.8 Å². The third-order valence-electron chi connectivity index (χ3n) is 6.43. The zero-order valence-corrected chi connectivity index (χ0v) is 16.7. The summed E-state index contributed by atoms with van der Waals surface area (Å²) < 4.78 is 67.4. The second kappa shape index (κ2) is 7.83. The van der Waals surface area contributed by atoms with E-state index < -0.39 is 35.3 Å². The van der Waals surface area contributed by atoms with Crippen LogP contribution in [-0.4, -0.2) is 59.9 Å². The molecule has 0 saturated carbocycles. The van der Waals surface area contributed by atoms with E-state index in [9.17, 15) is 31.5 Å². The van der Waals surface area contributed by atoms with Crippen LogP contribution in [0.2, 0.25) is 0 Å². The summed E-state index contributed by atoms with van der Waals surface area (Å²) in [4.78, 5) is 27.7. The Bertz CT molecular complexity index is 927. The minimum absolute atomic E-state index is 0.0939. The summed E-state index contributed by atoms with van der Waals surface area (Å²) in [5, 5.41) is 8.22. The van der Waals surface area contributed by atoms with E-state index in [4.69, 9.17) is 0 Å². The fourth-order valence-corrected chi connectivity index (χ4v) is 4.77. The number of hydrogen-bond acceptors (Lipinski definition) is 4. The first-order valence-electron chi connectivity index (χ1n) is 10.1. The molecule has 2 fully saturated rings. The number of rotatable bonds is 2. The summed E-state index contributed by atoms with van der Waals surface area (Å²) in [7, 11) is 0. The highest BCUT2D eigenvalue weighted by Gasteiger charge is 2.48. The van der Waals surface area contributed by atoms with Crippen LogP contribution in [0.25, 0.3) is 0 Å². The SMILES string of the molecule is CC(=O)N1CC2N=NC(C(=O)N3CCC(c4ccc(F)c(F)c4C(F)(F)F)CC3)C2C1. The standard InChI is InChI=1S/C20H21F5N4O2/c1-10(30)29-8-13-15(9-29)26-27-18(13)19(31)28-6-4-11(5-7-28)12-2-3-14(21)17(22)16(12)20(23,24)25/h2-3,11,13,15,18H,4-9H2,1H3. The van der Waals surface area contributed by atoms with Crippen molar-refractivity contribution >= 4 is 11.8 Å². The molecule has 0 aromatic heterocycles. The maximum Gasteiger partial charge on any atom is 0.419 e. The molecule has 0 radical (unpaired) electrons. The molecular weight excluding hydrogens is 423 g/mol. The zero-order valence-electron chi connectivity index (χ0n) is 16.7. The Morgan fingerprint density at radius 3 is 2.32 bits per heavy atom. The molecule has 2 saturated heterocycles. The third-order valence-corrected chi connectivity index (χ3v) is 6.43. The second-order valence-electron chi connectivity index (χ2n) is 8.25. The van der Waals surface area contributed by atoms with Crippen LogP contribution in [0.15, 0.2) is 22.4 Å². The van der Waals surface area contributed by atoms with E-state index in [1.165, 1.54) is 11.8 Å². The summed E-state index contributed by atoms with van der Waals surface area (Å²) in [6, 6.07) is 0.762. The van der Waals surface area contributed by atoms with Crippen molar-refractivity contribution in [1.29, 1.82) is 0 Å². The molecule has 3 atom stereocenters. The van der Waals surface area contributed by atoms with Crippen molar-refractivity contribution in [3.63, 3.8) is 0 Å². The van der Waals surface area contributed by atoms with Gasteiger partial charge in [0.25, 0.3) is 0 Å². The van der Waals surface area contributed by atoms with Gasteiger partial charge in [-0.1, -0.05) is 6.07 Å². The molecule has 0 aliphatic carbocycles. The van der Waals surface area contributed by atoms with Crippen molar-refractivity contribution in [2.24, 2.45) is 16.1 Å². The first-order chi connectivity index (χ1) is 14.6. The number of benzene rings is 1. The molecule has 6 nitrogen and oxygen atoms in total. The number of carbonyl (C=O) groups excluding carboxylic acids is 2. The van der Waals surface area contributed by atoms with Gasteiger partial charge in [0.1, 0.15) is 0 Å². The van der Waals surface area contributed by atoms with Gasteiger partial charge in [0.05, 0.1) is 11.6 Å². The average Bonchev–Trinajstić information content (AvgIpc) is 3.29. The highest BCUT2D eigenvalue weighted by atomic mass is 19.4. The molecular formula is C20H21F5N4O2. The lowest BCUT2D eigenvalue weighted by molar-refractivity contribution is -0.141. The fraction of sp³-hybridized carbons (Fsp3) is 0.600. The van der Waals surface area contributed by atoms with Crippen molar-refractivity contribution in [2.45, 2.75) is 43.9 Å². The number of likely N-dealkylation sites (tertiary alicyclic amines) is 2. The number of piperidine rings is 1. The number of nitrogens with zero attached hydrogens (tertiary/aromatic N) is 4. The molecule has 11 heteroatoms. The fourth-order valence-electron chi connectivity index (χ4n) is 4.77. The number of amides is 2. The molecule has 0 bridgehead atoms. The van der Waals surface area contributed by atoms with E-state index >= 15 is 0 Å². The Kier molecular flexibility index (Phi) is 5.47. The van der Waals surface area contributed by atoms with Gasteiger partial charge in [0, 0.05) is 39.0 Å². The molecule has 3 unspecified atom stereocenters. The summed E-state index contributed by atoms with van der Waals surface area (Å²) in [5.41, 5.74) is -1.85. The summed E-state index contributed by atoms with van der Waals surface area (Å²) in [6.45, 7) is 2.63. The summed E-state index contributed by atoms with van der Waals surface area (Å²) in [6.07, 6.45) is -4.63. The number of fused-ring (bicyclic) bond motifs is 1. The van der Waals surface area contributed by atoms with E-state index in [0.29, 0.717) is 19.2 Å². The van der Waals surface area contributed by atoms with Crippen LogP contribution in [-0.2, 0) is 15.8 Å². The van der Waals surface area contributed by atoms with Crippen LogP contribution in [0.3, 0.4) is 0 Å². The van der Waals surface area contributed by atoms with Gasteiger partial charge in [-0.25, -0.2) is 8.78 Å². The molecule has 1 aromatic rings. The normalized spacial score (nSPS) is 26.5.